The molecule has 2 aromatic rings. The van der Waals surface area contributed by atoms with Gasteiger partial charge in [0.1, 0.15) is 16.4 Å². The van der Waals surface area contributed by atoms with Crippen LogP contribution in [0.3, 0.4) is 0 Å². The lowest BCUT2D eigenvalue weighted by Crippen LogP contribution is -2.06. The molecule has 1 heterocycles. The molecule has 0 aliphatic heterocycles. The number of hydrogen-bond donors (Lipinski definition) is 0. The standard InChI is InChI=1S/C14H14Cl2N2O/c1-3-19-9(2)14-17-12(15)11(13(16)18-14)10-7-5-4-6-8-10/h4-9H,3H2,1-2H3. The zero-order valence-corrected chi connectivity index (χ0v) is 12.2. The molecule has 0 amide bonds. The second-order valence-electron chi connectivity index (χ2n) is 4.00. The third-order valence-corrected chi connectivity index (χ3v) is 3.23. The first kappa shape index (κ1) is 14.3. The molecule has 0 spiro atoms. The number of ether oxygens (including phenoxy) is 1. The maximum absolute atomic E-state index is 6.22. The van der Waals surface area contributed by atoms with Crippen molar-refractivity contribution in [3.8, 4) is 11.1 Å². The minimum Gasteiger partial charge on any atom is -0.371 e. The molecule has 0 aliphatic rings. The Kier molecular flexibility index (Phi) is 4.75. The van der Waals surface area contributed by atoms with Crippen LogP contribution in [0.4, 0.5) is 0 Å². The van der Waals surface area contributed by atoms with Crippen molar-refractivity contribution >= 4 is 23.2 Å². The molecule has 2 rings (SSSR count). The van der Waals surface area contributed by atoms with Gasteiger partial charge in [-0.3, -0.25) is 0 Å². The highest BCUT2D eigenvalue weighted by atomic mass is 35.5. The zero-order chi connectivity index (χ0) is 13.8. The van der Waals surface area contributed by atoms with Crippen LogP contribution in [-0.2, 0) is 4.74 Å². The Labute approximate surface area is 122 Å². The summed E-state index contributed by atoms with van der Waals surface area (Å²) in [6.45, 7) is 4.37. The van der Waals surface area contributed by atoms with Crippen LogP contribution in [0.2, 0.25) is 10.3 Å². The lowest BCUT2D eigenvalue weighted by Gasteiger charge is -2.13. The Morgan fingerprint density at radius 1 is 1.11 bits per heavy atom. The molecular weight excluding hydrogens is 283 g/mol. The Morgan fingerprint density at radius 2 is 1.68 bits per heavy atom. The van der Waals surface area contributed by atoms with E-state index in [1.807, 2.05) is 44.2 Å². The van der Waals surface area contributed by atoms with Crippen LogP contribution in [0, 0.1) is 0 Å². The van der Waals surface area contributed by atoms with Gasteiger partial charge in [0.25, 0.3) is 0 Å². The highest BCUT2D eigenvalue weighted by Crippen LogP contribution is 2.33. The number of halogens is 2. The minimum atomic E-state index is -0.232. The van der Waals surface area contributed by atoms with Gasteiger partial charge in [0.15, 0.2) is 5.82 Å². The first-order chi connectivity index (χ1) is 9.13. The Morgan fingerprint density at radius 3 is 2.21 bits per heavy atom. The van der Waals surface area contributed by atoms with E-state index in [9.17, 15) is 0 Å². The van der Waals surface area contributed by atoms with E-state index >= 15 is 0 Å². The fourth-order valence-corrected chi connectivity index (χ4v) is 2.39. The van der Waals surface area contributed by atoms with Gasteiger partial charge in [-0.15, -0.1) is 0 Å². The predicted octanol–water partition coefficient (Wildman–Crippen LogP) is 4.55. The van der Waals surface area contributed by atoms with Crippen molar-refractivity contribution in [3.63, 3.8) is 0 Å². The van der Waals surface area contributed by atoms with E-state index in [-0.39, 0.29) is 6.10 Å². The summed E-state index contributed by atoms with van der Waals surface area (Å²) in [6.07, 6.45) is -0.232. The number of hydrogen-bond acceptors (Lipinski definition) is 3. The molecule has 100 valence electrons. The van der Waals surface area contributed by atoms with Gasteiger partial charge in [0.2, 0.25) is 0 Å². The van der Waals surface area contributed by atoms with Crippen LogP contribution in [0.25, 0.3) is 11.1 Å². The Bertz CT molecular complexity index is 538. The summed E-state index contributed by atoms with van der Waals surface area (Å²) < 4.78 is 5.44. The van der Waals surface area contributed by atoms with Gasteiger partial charge in [-0.2, -0.15) is 0 Å². The molecule has 0 aliphatic carbocycles. The first-order valence-corrected chi connectivity index (χ1v) is 6.79. The number of aromatic nitrogens is 2. The van der Waals surface area contributed by atoms with Crippen LogP contribution < -0.4 is 0 Å². The Balaban J connectivity index is 2.43. The molecule has 1 aromatic carbocycles. The van der Waals surface area contributed by atoms with Crippen molar-refractivity contribution in [2.75, 3.05) is 6.61 Å². The lowest BCUT2D eigenvalue weighted by atomic mass is 10.1. The van der Waals surface area contributed by atoms with Crippen molar-refractivity contribution in [1.29, 1.82) is 0 Å². The van der Waals surface area contributed by atoms with Crippen molar-refractivity contribution in [2.24, 2.45) is 0 Å². The summed E-state index contributed by atoms with van der Waals surface area (Å²) >= 11 is 12.4. The molecule has 1 unspecified atom stereocenters. The molecule has 19 heavy (non-hydrogen) atoms. The summed E-state index contributed by atoms with van der Waals surface area (Å²) in [4.78, 5) is 8.55. The first-order valence-electron chi connectivity index (χ1n) is 6.03. The van der Waals surface area contributed by atoms with Crippen molar-refractivity contribution < 1.29 is 4.74 Å². The summed E-state index contributed by atoms with van der Waals surface area (Å²) in [7, 11) is 0. The van der Waals surface area contributed by atoms with Gasteiger partial charge in [0.05, 0.1) is 5.56 Å². The van der Waals surface area contributed by atoms with Gasteiger partial charge in [-0.25, -0.2) is 9.97 Å². The predicted molar refractivity (Wildman–Crippen MR) is 77.5 cm³/mol. The van der Waals surface area contributed by atoms with Gasteiger partial charge >= 0.3 is 0 Å². The summed E-state index contributed by atoms with van der Waals surface area (Å²) in [5, 5.41) is 0.681. The largest absolute Gasteiger partial charge is 0.371 e. The molecule has 1 aromatic heterocycles. The molecular formula is C14H14Cl2N2O. The van der Waals surface area contributed by atoms with Crippen LogP contribution in [0.5, 0.6) is 0 Å². The van der Waals surface area contributed by atoms with E-state index in [0.29, 0.717) is 28.3 Å². The molecule has 0 saturated heterocycles. The van der Waals surface area contributed by atoms with Crippen LogP contribution >= 0.6 is 23.2 Å². The number of benzene rings is 1. The van der Waals surface area contributed by atoms with E-state index < -0.39 is 0 Å². The van der Waals surface area contributed by atoms with Gasteiger partial charge < -0.3 is 4.74 Å². The fourth-order valence-electron chi connectivity index (χ4n) is 1.77. The van der Waals surface area contributed by atoms with E-state index in [4.69, 9.17) is 27.9 Å². The highest BCUT2D eigenvalue weighted by Gasteiger charge is 2.16. The monoisotopic (exact) mass is 296 g/mol. The average molecular weight is 297 g/mol. The van der Waals surface area contributed by atoms with Gasteiger partial charge in [-0.1, -0.05) is 53.5 Å². The summed E-state index contributed by atoms with van der Waals surface area (Å²) in [5.41, 5.74) is 1.55. The molecule has 0 bridgehead atoms. The molecule has 5 heteroatoms. The molecule has 1 atom stereocenters. The topological polar surface area (TPSA) is 35.0 Å². The SMILES string of the molecule is CCOC(C)c1nc(Cl)c(-c2ccccc2)c(Cl)n1. The highest BCUT2D eigenvalue weighted by molar-refractivity contribution is 6.37. The quantitative estimate of drug-likeness (QED) is 0.777. The van der Waals surface area contributed by atoms with Crippen molar-refractivity contribution in [3.05, 3.63) is 46.5 Å². The molecule has 0 N–H and O–H groups in total. The van der Waals surface area contributed by atoms with Gasteiger partial charge in [-0.05, 0) is 19.4 Å². The fraction of sp³-hybridized carbons (Fsp3) is 0.286. The third-order valence-electron chi connectivity index (χ3n) is 2.68. The van der Waals surface area contributed by atoms with Crippen LogP contribution in [0.1, 0.15) is 25.8 Å². The van der Waals surface area contributed by atoms with E-state index in [2.05, 4.69) is 9.97 Å². The molecule has 0 saturated carbocycles. The lowest BCUT2D eigenvalue weighted by molar-refractivity contribution is 0.0701. The maximum atomic E-state index is 6.22. The van der Waals surface area contributed by atoms with Crippen LogP contribution in [0.15, 0.2) is 30.3 Å². The zero-order valence-electron chi connectivity index (χ0n) is 10.7. The Hall–Kier alpha value is -1.16. The van der Waals surface area contributed by atoms with Gasteiger partial charge in [0, 0.05) is 6.61 Å². The second-order valence-corrected chi connectivity index (χ2v) is 4.72. The maximum Gasteiger partial charge on any atom is 0.160 e. The number of nitrogens with zero attached hydrogens (tertiary/aromatic N) is 2. The van der Waals surface area contributed by atoms with E-state index in [1.165, 1.54) is 0 Å². The van der Waals surface area contributed by atoms with Crippen LogP contribution in [-0.4, -0.2) is 16.6 Å². The summed E-state index contributed by atoms with van der Waals surface area (Å²) in [5.74, 6) is 0.497. The number of rotatable bonds is 4. The molecule has 0 radical (unpaired) electrons. The molecule has 0 fully saturated rings. The smallest absolute Gasteiger partial charge is 0.160 e. The normalized spacial score (nSPS) is 12.4. The van der Waals surface area contributed by atoms with E-state index in [0.717, 1.165) is 5.56 Å². The molecule has 3 nitrogen and oxygen atoms in total. The average Bonchev–Trinajstić information content (AvgIpc) is 2.39. The minimum absolute atomic E-state index is 0.232. The van der Waals surface area contributed by atoms with Crippen molar-refractivity contribution in [2.45, 2.75) is 20.0 Å². The summed E-state index contributed by atoms with van der Waals surface area (Å²) in [6, 6.07) is 9.60. The third kappa shape index (κ3) is 3.24. The van der Waals surface area contributed by atoms with E-state index in [1.54, 1.807) is 0 Å². The second kappa shape index (κ2) is 6.33. The van der Waals surface area contributed by atoms with Crippen molar-refractivity contribution in [1.82, 2.24) is 9.97 Å².